The van der Waals surface area contributed by atoms with Crippen LogP contribution in [-0.4, -0.2) is 31.3 Å². The topological polar surface area (TPSA) is 61.5 Å². The van der Waals surface area contributed by atoms with Crippen molar-refractivity contribution < 1.29 is 14.3 Å². The Labute approximate surface area is 107 Å². The Balaban J connectivity index is -0.000000202. The Morgan fingerprint density at radius 1 is 1.29 bits per heavy atom. The lowest BCUT2D eigenvalue weighted by Gasteiger charge is -2.17. The monoisotopic (exact) mass is 249 g/mol. The molecule has 0 saturated carbocycles. The maximum atomic E-state index is 10.2. The summed E-state index contributed by atoms with van der Waals surface area (Å²) in [6.45, 7) is 13.7. The molecule has 1 atom stereocenters. The second kappa shape index (κ2) is 13.5. The highest BCUT2D eigenvalue weighted by molar-refractivity contribution is 5.66. The van der Waals surface area contributed by atoms with Gasteiger partial charge in [0.2, 0.25) is 0 Å². The second-order valence-corrected chi connectivity index (χ2v) is 4.33. The third-order valence-electron chi connectivity index (χ3n) is 1.36. The smallest absolute Gasteiger partial charge is 0.303 e. The molecule has 0 aromatic rings. The van der Waals surface area contributed by atoms with Crippen LogP contribution in [-0.2, 0) is 14.3 Å². The van der Waals surface area contributed by atoms with E-state index in [0.29, 0.717) is 6.61 Å². The number of nitrogens with two attached hydrogens (primary N) is 1. The summed E-state index contributed by atoms with van der Waals surface area (Å²) in [4.78, 5) is 10.2. The van der Waals surface area contributed by atoms with Gasteiger partial charge in [0.05, 0.1) is 6.61 Å². The molecule has 0 fully saturated rings. The van der Waals surface area contributed by atoms with Crippen LogP contribution >= 0.6 is 0 Å². The molecule has 0 radical (unpaired) electrons. The number of carbonyl (C=O) groups excluding carboxylic acids is 1. The highest BCUT2D eigenvalue weighted by Crippen LogP contribution is 2.05. The highest BCUT2D eigenvalue weighted by Gasteiger charge is 2.11. The Hall–Kier alpha value is -0.610. The molecule has 0 rings (SSSR count). The number of hydrogen-bond donors (Lipinski definition) is 1. The quantitative estimate of drug-likeness (QED) is 0.781. The lowest BCUT2D eigenvalue weighted by Crippen LogP contribution is -2.23. The standard InChI is InChI=1S/C6H12O2.C5H13NO.C2H6/c1-5(7)8-6(2,3)4;1-3-5(6)4-7-2;1-2/h1-4H3;5H,3-4,6H2,1-2H3;1-2H3. The van der Waals surface area contributed by atoms with Crippen molar-refractivity contribution in [1.29, 1.82) is 0 Å². The van der Waals surface area contributed by atoms with Crippen LogP contribution in [0, 0.1) is 0 Å². The molecule has 0 aromatic carbocycles. The van der Waals surface area contributed by atoms with Gasteiger partial charge in [-0.25, -0.2) is 0 Å². The van der Waals surface area contributed by atoms with Crippen molar-refractivity contribution >= 4 is 5.97 Å². The van der Waals surface area contributed by atoms with Gasteiger partial charge in [0.25, 0.3) is 0 Å². The summed E-state index contributed by atoms with van der Waals surface area (Å²) in [7, 11) is 1.66. The minimum atomic E-state index is -0.328. The van der Waals surface area contributed by atoms with E-state index in [2.05, 4.69) is 0 Å². The molecule has 0 saturated heterocycles. The predicted octanol–water partition coefficient (Wildman–Crippen LogP) is 2.74. The van der Waals surface area contributed by atoms with Crippen molar-refractivity contribution in [3.05, 3.63) is 0 Å². The first-order valence-corrected chi connectivity index (χ1v) is 6.17. The van der Waals surface area contributed by atoms with Crippen LogP contribution in [0.3, 0.4) is 0 Å². The average Bonchev–Trinajstić information content (AvgIpc) is 2.18. The van der Waals surface area contributed by atoms with Crippen molar-refractivity contribution in [2.45, 2.75) is 66.5 Å². The molecule has 2 N–H and O–H groups in total. The Kier molecular flexibility index (Phi) is 17.1. The van der Waals surface area contributed by atoms with Crippen LogP contribution < -0.4 is 5.73 Å². The van der Waals surface area contributed by atoms with Gasteiger partial charge in [-0.15, -0.1) is 0 Å². The van der Waals surface area contributed by atoms with E-state index in [1.54, 1.807) is 7.11 Å². The zero-order chi connectivity index (χ0) is 14.5. The SMILES string of the molecule is CC.CC(=O)OC(C)(C)C.CCC(N)COC. The molecular formula is C13H31NO3. The van der Waals surface area contributed by atoms with Gasteiger partial charge in [-0.3, -0.25) is 4.79 Å². The third kappa shape index (κ3) is 31.3. The molecule has 1 unspecified atom stereocenters. The normalized spacial score (nSPS) is 11.4. The number of methoxy groups -OCH3 is 1. The number of hydrogen-bond acceptors (Lipinski definition) is 4. The fourth-order valence-electron chi connectivity index (χ4n) is 0.763. The van der Waals surface area contributed by atoms with E-state index in [1.165, 1.54) is 6.92 Å². The van der Waals surface area contributed by atoms with Gasteiger partial charge in [-0.2, -0.15) is 0 Å². The first-order valence-electron chi connectivity index (χ1n) is 6.17. The Morgan fingerprint density at radius 3 is 1.76 bits per heavy atom. The molecule has 0 aliphatic carbocycles. The van der Waals surface area contributed by atoms with Crippen LogP contribution in [0.2, 0.25) is 0 Å². The predicted molar refractivity (Wildman–Crippen MR) is 73.0 cm³/mol. The van der Waals surface area contributed by atoms with Crippen molar-refractivity contribution in [2.24, 2.45) is 5.73 Å². The minimum Gasteiger partial charge on any atom is -0.460 e. The molecule has 0 aliphatic heterocycles. The van der Waals surface area contributed by atoms with Crippen molar-refractivity contribution in [2.75, 3.05) is 13.7 Å². The summed E-state index contributed by atoms with van der Waals surface area (Å²) < 4.78 is 9.57. The van der Waals surface area contributed by atoms with E-state index in [-0.39, 0.29) is 17.6 Å². The Bertz CT molecular complexity index is 165. The van der Waals surface area contributed by atoms with Crippen LogP contribution in [0.4, 0.5) is 0 Å². The van der Waals surface area contributed by atoms with Gasteiger partial charge in [0.1, 0.15) is 5.60 Å². The lowest BCUT2D eigenvalue weighted by molar-refractivity contribution is -0.151. The van der Waals surface area contributed by atoms with Crippen molar-refractivity contribution in [3.63, 3.8) is 0 Å². The zero-order valence-corrected chi connectivity index (χ0v) is 12.8. The van der Waals surface area contributed by atoms with Gasteiger partial charge < -0.3 is 15.2 Å². The van der Waals surface area contributed by atoms with E-state index in [4.69, 9.17) is 15.2 Å². The van der Waals surface area contributed by atoms with E-state index in [1.807, 2.05) is 41.5 Å². The maximum absolute atomic E-state index is 10.2. The molecule has 0 heterocycles. The van der Waals surface area contributed by atoms with E-state index in [0.717, 1.165) is 6.42 Å². The van der Waals surface area contributed by atoms with E-state index in [9.17, 15) is 4.79 Å². The molecule has 0 amide bonds. The van der Waals surface area contributed by atoms with Gasteiger partial charge in [-0.05, 0) is 27.2 Å². The largest absolute Gasteiger partial charge is 0.460 e. The molecule has 0 spiro atoms. The molecule has 4 nitrogen and oxygen atoms in total. The van der Waals surface area contributed by atoms with Crippen molar-refractivity contribution in [1.82, 2.24) is 0 Å². The minimum absolute atomic E-state index is 0.225. The second-order valence-electron chi connectivity index (χ2n) is 4.33. The average molecular weight is 249 g/mol. The van der Waals surface area contributed by atoms with Gasteiger partial charge in [0, 0.05) is 20.1 Å². The summed E-state index contributed by atoms with van der Waals surface area (Å²) in [6.07, 6.45) is 0.994. The van der Waals surface area contributed by atoms with Crippen LogP contribution in [0.25, 0.3) is 0 Å². The molecule has 4 heteroatoms. The number of carbonyl (C=O) groups is 1. The van der Waals surface area contributed by atoms with Gasteiger partial charge >= 0.3 is 5.97 Å². The van der Waals surface area contributed by atoms with Crippen LogP contribution in [0.1, 0.15) is 54.9 Å². The fourth-order valence-corrected chi connectivity index (χ4v) is 0.763. The van der Waals surface area contributed by atoms with Gasteiger partial charge in [-0.1, -0.05) is 20.8 Å². The molecule has 0 aliphatic rings. The molecule has 17 heavy (non-hydrogen) atoms. The molecule has 0 bridgehead atoms. The number of esters is 1. The lowest BCUT2D eigenvalue weighted by atomic mass is 10.2. The maximum Gasteiger partial charge on any atom is 0.303 e. The fraction of sp³-hybridized carbons (Fsp3) is 0.923. The molecular weight excluding hydrogens is 218 g/mol. The van der Waals surface area contributed by atoms with Crippen LogP contribution in [0.5, 0.6) is 0 Å². The van der Waals surface area contributed by atoms with Gasteiger partial charge in [0.15, 0.2) is 0 Å². The summed E-state index contributed by atoms with van der Waals surface area (Å²) >= 11 is 0. The number of ether oxygens (including phenoxy) is 2. The molecule has 0 aromatic heterocycles. The summed E-state index contributed by atoms with van der Waals surface area (Å²) in [5.74, 6) is -0.225. The first-order chi connectivity index (χ1) is 7.72. The van der Waals surface area contributed by atoms with Crippen LogP contribution in [0.15, 0.2) is 0 Å². The molecule has 106 valence electrons. The van der Waals surface area contributed by atoms with E-state index >= 15 is 0 Å². The Morgan fingerprint density at radius 2 is 1.71 bits per heavy atom. The summed E-state index contributed by atoms with van der Waals surface area (Å²) in [5, 5.41) is 0. The van der Waals surface area contributed by atoms with E-state index < -0.39 is 0 Å². The summed E-state index contributed by atoms with van der Waals surface area (Å²) in [6, 6.07) is 0.227. The zero-order valence-electron chi connectivity index (χ0n) is 12.8. The number of rotatable bonds is 3. The highest BCUT2D eigenvalue weighted by atomic mass is 16.6. The van der Waals surface area contributed by atoms with Crippen molar-refractivity contribution in [3.8, 4) is 0 Å². The third-order valence-corrected chi connectivity index (χ3v) is 1.36. The first kappa shape index (κ1) is 21.7. The summed E-state index contributed by atoms with van der Waals surface area (Å²) in [5.41, 5.74) is 5.13.